The van der Waals surface area contributed by atoms with Gasteiger partial charge in [-0.1, -0.05) is 6.07 Å². The molecule has 0 fully saturated rings. The highest BCUT2D eigenvalue weighted by Gasteiger charge is 2.20. The van der Waals surface area contributed by atoms with Crippen LogP contribution in [0.3, 0.4) is 0 Å². The van der Waals surface area contributed by atoms with E-state index in [0.717, 1.165) is 33.5 Å². The summed E-state index contributed by atoms with van der Waals surface area (Å²) in [5.41, 5.74) is -1.10. The molecule has 41 heavy (non-hydrogen) atoms. The van der Waals surface area contributed by atoms with E-state index >= 15 is 4.39 Å². The van der Waals surface area contributed by atoms with Crippen molar-refractivity contribution in [3.8, 4) is 17.2 Å². The Kier molecular flexibility index (Phi) is 7.44. The van der Waals surface area contributed by atoms with E-state index in [9.17, 15) is 23.9 Å². The maximum absolute atomic E-state index is 15.1. The van der Waals surface area contributed by atoms with Crippen LogP contribution >= 0.6 is 0 Å². The van der Waals surface area contributed by atoms with Crippen LogP contribution in [0.25, 0.3) is 16.7 Å². The van der Waals surface area contributed by atoms with Crippen molar-refractivity contribution in [3.63, 3.8) is 0 Å². The van der Waals surface area contributed by atoms with Gasteiger partial charge in [0, 0.05) is 38.0 Å². The van der Waals surface area contributed by atoms with Gasteiger partial charge in [-0.05, 0) is 48.9 Å². The van der Waals surface area contributed by atoms with Gasteiger partial charge >= 0.3 is 5.69 Å². The number of pyridine rings is 1. The molecule has 0 saturated carbocycles. The summed E-state index contributed by atoms with van der Waals surface area (Å²) in [5, 5.41) is 19.7. The minimum Gasteiger partial charge on any atom is -0.453 e. The van der Waals surface area contributed by atoms with E-state index in [1.54, 1.807) is 6.92 Å². The van der Waals surface area contributed by atoms with E-state index in [4.69, 9.17) is 4.74 Å². The Morgan fingerprint density at radius 3 is 2.59 bits per heavy atom. The lowest BCUT2D eigenvalue weighted by Gasteiger charge is -2.13. The third kappa shape index (κ3) is 5.47. The lowest BCUT2D eigenvalue weighted by molar-refractivity contribution is 0.0990. The number of anilines is 1. The van der Waals surface area contributed by atoms with Gasteiger partial charge in [0.15, 0.2) is 28.8 Å². The number of hydrogen-bond acceptors (Lipinski definition) is 8. The third-order valence-electron chi connectivity index (χ3n) is 6.30. The van der Waals surface area contributed by atoms with Crippen molar-refractivity contribution in [2.75, 3.05) is 11.9 Å². The van der Waals surface area contributed by atoms with Gasteiger partial charge in [0.1, 0.15) is 22.5 Å². The second-order valence-electron chi connectivity index (χ2n) is 9.35. The molecule has 0 bridgehead atoms. The van der Waals surface area contributed by atoms with E-state index in [1.165, 1.54) is 43.6 Å². The summed E-state index contributed by atoms with van der Waals surface area (Å²) in [4.78, 5) is 43.0. The van der Waals surface area contributed by atoms with Crippen LogP contribution in [0.4, 0.5) is 14.6 Å². The van der Waals surface area contributed by atoms with Crippen LogP contribution in [0.15, 0.2) is 70.5 Å². The first-order chi connectivity index (χ1) is 19.7. The average Bonchev–Trinajstić information content (AvgIpc) is 3.36. The summed E-state index contributed by atoms with van der Waals surface area (Å²) in [6, 6.07) is 9.89. The molecule has 5 aromatic rings. The van der Waals surface area contributed by atoms with Crippen molar-refractivity contribution < 1.29 is 23.4 Å². The predicted octanol–water partition coefficient (Wildman–Crippen LogP) is 3.10. The number of Topliss-reactive ketones (excluding diaryl/α,β-unsaturated/α-hetero) is 1. The molecule has 3 N–H and O–H groups in total. The number of aromatic nitrogens is 5. The van der Waals surface area contributed by atoms with Crippen LogP contribution in [0.1, 0.15) is 22.8 Å². The molecule has 0 spiro atoms. The zero-order chi connectivity index (χ0) is 29.3. The number of carbonyl (C=O) groups excluding carboxylic acids is 1. The fraction of sp³-hybridized carbons (Fsp3) is 0.179. The number of rotatable bonds is 9. The first kappa shape index (κ1) is 27.4. The maximum atomic E-state index is 15.1. The second-order valence-corrected chi connectivity index (χ2v) is 9.35. The monoisotopic (exact) mass is 562 g/mol. The first-order valence-corrected chi connectivity index (χ1v) is 12.4. The van der Waals surface area contributed by atoms with E-state index in [0.29, 0.717) is 16.9 Å². The highest BCUT2D eigenvalue weighted by molar-refractivity contribution is 5.97. The van der Waals surface area contributed by atoms with Gasteiger partial charge in [0.05, 0.1) is 12.3 Å². The Labute approximate surface area is 230 Å². The Hall–Kier alpha value is -5.17. The molecule has 0 aliphatic carbocycles. The second kappa shape index (κ2) is 11.1. The standard InChI is InChI=1S/C28H24F2N6O5/c1-15(14-37)32-26-24-23(9-10-31-25(24)33-34-26)41-22-8-3-16(11-20(22)30)12-21(38)19-13-35(2)28(40)36(27(19)39)18-6-4-17(29)5-7-18/h3-11,13,15,37H,12,14H2,1-2H3,(H2,31,32,33,34)/t15-/m1/s1. The number of nitrogens with zero attached hydrogens (tertiary/aromatic N) is 4. The minimum absolute atomic E-state index is 0.103. The number of halogens is 2. The number of benzene rings is 2. The van der Waals surface area contributed by atoms with E-state index in [-0.39, 0.29) is 47.4 Å². The van der Waals surface area contributed by atoms with Gasteiger partial charge in [-0.3, -0.25) is 14.7 Å². The fourth-order valence-corrected chi connectivity index (χ4v) is 4.21. The van der Waals surface area contributed by atoms with Gasteiger partial charge in [-0.25, -0.2) is 23.1 Å². The zero-order valence-electron chi connectivity index (χ0n) is 21.9. The number of ether oxygens (including phenoxy) is 1. The quantitative estimate of drug-likeness (QED) is 0.233. The van der Waals surface area contributed by atoms with Crippen molar-refractivity contribution in [2.45, 2.75) is 19.4 Å². The van der Waals surface area contributed by atoms with Crippen LogP contribution in [0.2, 0.25) is 0 Å². The molecule has 11 nitrogen and oxygen atoms in total. The van der Waals surface area contributed by atoms with E-state index in [2.05, 4.69) is 20.5 Å². The Bertz CT molecular complexity index is 1880. The number of nitrogens with one attached hydrogen (secondary N) is 2. The van der Waals surface area contributed by atoms with E-state index in [1.807, 2.05) is 0 Å². The topological polar surface area (TPSA) is 144 Å². The fourth-order valence-electron chi connectivity index (χ4n) is 4.21. The molecule has 0 aliphatic rings. The molecule has 0 radical (unpaired) electrons. The predicted molar refractivity (Wildman–Crippen MR) is 146 cm³/mol. The van der Waals surface area contributed by atoms with Gasteiger partial charge in [-0.15, -0.1) is 0 Å². The van der Waals surface area contributed by atoms with Crippen LogP contribution in [-0.2, 0) is 13.5 Å². The summed E-state index contributed by atoms with van der Waals surface area (Å²) in [5.74, 6) is -1.45. The lowest BCUT2D eigenvalue weighted by atomic mass is 10.0. The lowest BCUT2D eigenvalue weighted by Crippen LogP contribution is -2.40. The molecule has 2 aromatic carbocycles. The zero-order valence-corrected chi connectivity index (χ0v) is 21.9. The molecule has 210 valence electrons. The van der Waals surface area contributed by atoms with Crippen LogP contribution < -0.4 is 21.3 Å². The van der Waals surface area contributed by atoms with Crippen LogP contribution in [0.5, 0.6) is 11.5 Å². The molecule has 5 rings (SSSR count). The summed E-state index contributed by atoms with van der Waals surface area (Å²) in [6.45, 7) is 1.61. The highest BCUT2D eigenvalue weighted by Crippen LogP contribution is 2.34. The molecule has 0 unspecified atom stereocenters. The van der Waals surface area contributed by atoms with Crippen molar-refractivity contribution in [1.29, 1.82) is 0 Å². The number of H-pyrrole nitrogens is 1. The van der Waals surface area contributed by atoms with Crippen molar-refractivity contribution >= 4 is 22.6 Å². The summed E-state index contributed by atoms with van der Waals surface area (Å²) in [6.07, 6.45) is 2.26. The van der Waals surface area contributed by atoms with Gasteiger partial charge in [0.25, 0.3) is 5.56 Å². The SMILES string of the molecule is C[C@H](CO)Nc1n[nH]c2nccc(Oc3ccc(CC(=O)c4cn(C)c(=O)n(-c5ccc(F)cc5)c4=O)cc3F)c12. The Morgan fingerprint density at radius 1 is 1.12 bits per heavy atom. The number of ketones is 1. The number of aromatic amines is 1. The number of carbonyl (C=O) groups is 1. The number of fused-ring (bicyclic) bond motifs is 1. The number of aliphatic hydroxyl groups is 1. The Balaban J connectivity index is 1.41. The molecular formula is C28H24F2N6O5. The van der Waals surface area contributed by atoms with Crippen molar-refractivity contribution in [3.05, 3.63) is 105 Å². The summed E-state index contributed by atoms with van der Waals surface area (Å²) < 4.78 is 36.2. The average molecular weight is 563 g/mol. The first-order valence-electron chi connectivity index (χ1n) is 12.4. The molecule has 3 heterocycles. The largest absolute Gasteiger partial charge is 0.453 e. The molecule has 0 amide bonds. The molecule has 1 atom stereocenters. The smallest absolute Gasteiger partial charge is 0.335 e. The summed E-state index contributed by atoms with van der Waals surface area (Å²) >= 11 is 0. The molecule has 0 saturated heterocycles. The Morgan fingerprint density at radius 2 is 1.88 bits per heavy atom. The summed E-state index contributed by atoms with van der Waals surface area (Å²) in [7, 11) is 1.38. The van der Waals surface area contributed by atoms with Crippen LogP contribution in [-0.4, -0.2) is 47.9 Å². The number of aliphatic hydroxyl groups excluding tert-OH is 1. The molecular weight excluding hydrogens is 538 g/mol. The maximum Gasteiger partial charge on any atom is 0.335 e. The van der Waals surface area contributed by atoms with Gasteiger partial charge in [-0.2, -0.15) is 5.10 Å². The number of hydrogen-bond donors (Lipinski definition) is 3. The number of aryl methyl sites for hydroxylation is 1. The molecule has 0 aliphatic heterocycles. The third-order valence-corrected chi connectivity index (χ3v) is 6.30. The van der Waals surface area contributed by atoms with E-state index < -0.39 is 28.7 Å². The molecule has 13 heteroatoms. The molecule has 3 aromatic heterocycles. The normalized spacial score (nSPS) is 11.9. The van der Waals surface area contributed by atoms with Crippen molar-refractivity contribution in [2.24, 2.45) is 7.05 Å². The van der Waals surface area contributed by atoms with Crippen LogP contribution in [0, 0.1) is 11.6 Å². The van der Waals surface area contributed by atoms with Crippen molar-refractivity contribution in [1.82, 2.24) is 24.3 Å². The van der Waals surface area contributed by atoms with Gasteiger partial charge < -0.3 is 19.7 Å². The highest BCUT2D eigenvalue weighted by atomic mass is 19.1. The minimum atomic E-state index is -0.869. The van der Waals surface area contributed by atoms with Gasteiger partial charge in [0.2, 0.25) is 0 Å².